The number of sulfone groups is 1. The zero-order chi connectivity index (χ0) is 13.2. The van der Waals surface area contributed by atoms with Gasteiger partial charge in [0, 0.05) is 12.3 Å². The van der Waals surface area contributed by atoms with Crippen molar-refractivity contribution < 1.29 is 8.42 Å². The molecule has 0 radical (unpaired) electrons. The van der Waals surface area contributed by atoms with Crippen molar-refractivity contribution in [3.63, 3.8) is 0 Å². The topological polar surface area (TPSA) is 59.1 Å². The first kappa shape index (κ1) is 13.3. The molecule has 1 atom stereocenters. The van der Waals surface area contributed by atoms with Crippen LogP contribution in [0.5, 0.6) is 0 Å². The van der Waals surface area contributed by atoms with Crippen LogP contribution in [0.15, 0.2) is 23.4 Å². The number of nitrogens with zero attached hydrogens (tertiary/aromatic N) is 1. The molecule has 0 amide bonds. The standard InChI is InChI=1S/C13H20N2O2S/c1-10(8-11-4-3-5-11)15-12-6-7-13(14-9-12)18(2,16)17/h6-7,9-11,15H,3-5,8H2,1-2H3. The van der Waals surface area contributed by atoms with Crippen LogP contribution in [0.4, 0.5) is 5.69 Å². The van der Waals surface area contributed by atoms with Crippen LogP contribution >= 0.6 is 0 Å². The van der Waals surface area contributed by atoms with E-state index in [9.17, 15) is 8.42 Å². The van der Waals surface area contributed by atoms with E-state index in [2.05, 4.69) is 17.2 Å². The molecule has 1 aliphatic carbocycles. The highest BCUT2D eigenvalue weighted by Crippen LogP contribution is 2.31. The lowest BCUT2D eigenvalue weighted by atomic mass is 9.81. The molecule has 0 aliphatic heterocycles. The molecule has 1 aromatic rings. The fraction of sp³-hybridized carbons (Fsp3) is 0.615. The fourth-order valence-electron chi connectivity index (χ4n) is 2.26. The quantitative estimate of drug-likeness (QED) is 0.891. The van der Waals surface area contributed by atoms with Crippen molar-refractivity contribution in [3.8, 4) is 0 Å². The van der Waals surface area contributed by atoms with Crippen molar-refractivity contribution in [1.29, 1.82) is 0 Å². The first-order chi connectivity index (χ1) is 8.45. The van der Waals surface area contributed by atoms with E-state index >= 15 is 0 Å². The maximum absolute atomic E-state index is 11.3. The molecule has 100 valence electrons. The predicted molar refractivity (Wildman–Crippen MR) is 72.4 cm³/mol. The Morgan fingerprint density at radius 1 is 1.44 bits per heavy atom. The van der Waals surface area contributed by atoms with Crippen molar-refractivity contribution in [2.75, 3.05) is 11.6 Å². The minimum atomic E-state index is -3.20. The van der Waals surface area contributed by atoms with Crippen LogP contribution in [0.25, 0.3) is 0 Å². The zero-order valence-electron chi connectivity index (χ0n) is 10.9. The van der Waals surface area contributed by atoms with E-state index < -0.39 is 9.84 Å². The molecular weight excluding hydrogens is 248 g/mol. The molecule has 1 aliphatic rings. The van der Waals surface area contributed by atoms with E-state index in [1.165, 1.54) is 31.9 Å². The molecule has 1 aromatic heterocycles. The van der Waals surface area contributed by atoms with Crippen molar-refractivity contribution in [3.05, 3.63) is 18.3 Å². The Kier molecular flexibility index (Phi) is 3.90. The van der Waals surface area contributed by atoms with E-state index in [0.29, 0.717) is 6.04 Å². The smallest absolute Gasteiger partial charge is 0.192 e. The minimum Gasteiger partial charge on any atom is -0.381 e. The number of anilines is 1. The van der Waals surface area contributed by atoms with Crippen LogP contribution in [-0.4, -0.2) is 25.7 Å². The van der Waals surface area contributed by atoms with Gasteiger partial charge in [-0.25, -0.2) is 13.4 Å². The van der Waals surface area contributed by atoms with Gasteiger partial charge in [-0.05, 0) is 31.4 Å². The number of pyridine rings is 1. The van der Waals surface area contributed by atoms with Gasteiger partial charge in [0.2, 0.25) is 0 Å². The van der Waals surface area contributed by atoms with Crippen LogP contribution in [0, 0.1) is 5.92 Å². The number of aromatic nitrogens is 1. The Bertz CT molecular complexity index is 492. The summed E-state index contributed by atoms with van der Waals surface area (Å²) < 4.78 is 22.6. The summed E-state index contributed by atoms with van der Waals surface area (Å²) in [6.07, 6.45) is 7.99. The lowest BCUT2D eigenvalue weighted by Crippen LogP contribution is -2.23. The molecule has 1 heterocycles. The van der Waals surface area contributed by atoms with Crippen LogP contribution in [0.3, 0.4) is 0 Å². The van der Waals surface area contributed by atoms with E-state index in [1.54, 1.807) is 18.3 Å². The van der Waals surface area contributed by atoms with Gasteiger partial charge in [-0.3, -0.25) is 0 Å². The molecule has 0 spiro atoms. The molecule has 0 aromatic carbocycles. The number of rotatable bonds is 5. The molecule has 1 saturated carbocycles. The van der Waals surface area contributed by atoms with Crippen LogP contribution < -0.4 is 5.32 Å². The second kappa shape index (κ2) is 5.26. The van der Waals surface area contributed by atoms with Gasteiger partial charge in [-0.1, -0.05) is 19.3 Å². The van der Waals surface area contributed by atoms with Gasteiger partial charge in [0.15, 0.2) is 14.9 Å². The monoisotopic (exact) mass is 268 g/mol. The predicted octanol–water partition coefficient (Wildman–Crippen LogP) is 2.48. The highest BCUT2D eigenvalue weighted by molar-refractivity contribution is 7.90. The second-order valence-corrected chi connectivity index (χ2v) is 7.20. The van der Waals surface area contributed by atoms with Gasteiger partial charge in [0.25, 0.3) is 0 Å². The summed E-state index contributed by atoms with van der Waals surface area (Å²) in [6.45, 7) is 2.16. The molecular formula is C13H20N2O2S. The molecule has 1 unspecified atom stereocenters. The summed E-state index contributed by atoms with van der Waals surface area (Å²) >= 11 is 0. The first-order valence-corrected chi connectivity index (χ1v) is 8.27. The molecule has 1 fully saturated rings. The summed E-state index contributed by atoms with van der Waals surface area (Å²) in [4.78, 5) is 3.97. The van der Waals surface area contributed by atoms with Gasteiger partial charge in [0.1, 0.15) is 0 Å². The SMILES string of the molecule is CC(CC1CCC1)Nc1ccc(S(C)(=O)=O)nc1. The Hall–Kier alpha value is -1.10. The number of hydrogen-bond acceptors (Lipinski definition) is 4. The molecule has 0 bridgehead atoms. The minimum absolute atomic E-state index is 0.125. The van der Waals surface area contributed by atoms with Gasteiger partial charge < -0.3 is 5.32 Å². The van der Waals surface area contributed by atoms with Crippen molar-refractivity contribution in [1.82, 2.24) is 4.98 Å². The summed E-state index contributed by atoms with van der Waals surface area (Å²) in [7, 11) is -3.20. The van der Waals surface area contributed by atoms with E-state index in [1.807, 2.05) is 0 Å². The molecule has 4 nitrogen and oxygen atoms in total. The van der Waals surface area contributed by atoms with E-state index in [4.69, 9.17) is 0 Å². The first-order valence-electron chi connectivity index (χ1n) is 6.38. The Morgan fingerprint density at radius 2 is 2.17 bits per heavy atom. The van der Waals surface area contributed by atoms with Gasteiger partial charge >= 0.3 is 0 Å². The molecule has 5 heteroatoms. The zero-order valence-corrected chi connectivity index (χ0v) is 11.7. The summed E-state index contributed by atoms with van der Waals surface area (Å²) in [5.74, 6) is 0.857. The third-order valence-electron chi connectivity index (χ3n) is 3.44. The molecule has 18 heavy (non-hydrogen) atoms. The van der Waals surface area contributed by atoms with E-state index in [0.717, 1.165) is 11.6 Å². The third-order valence-corrected chi connectivity index (χ3v) is 4.44. The van der Waals surface area contributed by atoms with Crippen molar-refractivity contribution >= 4 is 15.5 Å². The lowest BCUT2D eigenvalue weighted by molar-refractivity contribution is 0.286. The summed E-state index contributed by atoms with van der Waals surface area (Å²) in [5, 5.41) is 3.49. The fourth-order valence-corrected chi connectivity index (χ4v) is 2.82. The molecule has 0 saturated heterocycles. The van der Waals surface area contributed by atoms with Crippen molar-refractivity contribution in [2.24, 2.45) is 5.92 Å². The Labute approximate surface area is 109 Å². The maximum atomic E-state index is 11.3. The third kappa shape index (κ3) is 3.45. The summed E-state index contributed by atoms with van der Waals surface area (Å²) in [6, 6.07) is 3.73. The van der Waals surface area contributed by atoms with Crippen LogP contribution in [0.1, 0.15) is 32.6 Å². The lowest BCUT2D eigenvalue weighted by Gasteiger charge is -2.28. The average molecular weight is 268 g/mol. The summed E-state index contributed by atoms with van der Waals surface area (Å²) in [5.41, 5.74) is 0.884. The van der Waals surface area contributed by atoms with Crippen LogP contribution in [-0.2, 0) is 9.84 Å². The average Bonchev–Trinajstić information content (AvgIpc) is 2.23. The molecule has 2 rings (SSSR count). The highest BCUT2D eigenvalue weighted by atomic mass is 32.2. The number of nitrogens with one attached hydrogen (secondary N) is 1. The maximum Gasteiger partial charge on any atom is 0.192 e. The van der Waals surface area contributed by atoms with Gasteiger partial charge in [-0.2, -0.15) is 0 Å². The van der Waals surface area contributed by atoms with Crippen LogP contribution in [0.2, 0.25) is 0 Å². The largest absolute Gasteiger partial charge is 0.381 e. The number of hydrogen-bond donors (Lipinski definition) is 1. The Morgan fingerprint density at radius 3 is 2.61 bits per heavy atom. The van der Waals surface area contributed by atoms with Gasteiger partial charge in [0.05, 0.1) is 11.9 Å². The second-order valence-electron chi connectivity index (χ2n) is 5.24. The molecule has 1 N–H and O–H groups in total. The van der Waals surface area contributed by atoms with E-state index in [-0.39, 0.29) is 5.03 Å². The van der Waals surface area contributed by atoms with Gasteiger partial charge in [-0.15, -0.1) is 0 Å². The Balaban J connectivity index is 1.93. The van der Waals surface area contributed by atoms with Crippen molar-refractivity contribution in [2.45, 2.75) is 43.7 Å². The normalized spacial score (nSPS) is 18.1. The highest BCUT2D eigenvalue weighted by Gasteiger charge is 2.19.